The average Bonchev–Trinajstić information content (AvgIpc) is 3.50. The molecule has 28 heavy (non-hydrogen) atoms. The largest absolute Gasteiger partial charge is 0.452 e. The molecular weight excluding hydrogens is 382 g/mol. The van der Waals surface area contributed by atoms with Gasteiger partial charge in [-0.3, -0.25) is 14.9 Å². The molecule has 146 valence electrons. The van der Waals surface area contributed by atoms with Crippen molar-refractivity contribution in [2.45, 2.75) is 23.8 Å². The maximum Gasteiger partial charge on any atom is 0.338 e. The molecule has 0 aromatic heterocycles. The van der Waals surface area contributed by atoms with Gasteiger partial charge in [-0.1, -0.05) is 6.07 Å². The van der Waals surface area contributed by atoms with Gasteiger partial charge < -0.3 is 15.4 Å². The monoisotopic (exact) mass is 401 g/mol. The van der Waals surface area contributed by atoms with Crippen molar-refractivity contribution in [3.05, 3.63) is 58.1 Å². The molecule has 2 aromatic rings. The fourth-order valence-corrected chi connectivity index (χ4v) is 2.95. The summed E-state index contributed by atoms with van der Waals surface area (Å²) in [7, 11) is 0. The fourth-order valence-electron chi connectivity index (χ4n) is 2.49. The van der Waals surface area contributed by atoms with Crippen LogP contribution in [0.5, 0.6) is 0 Å². The van der Waals surface area contributed by atoms with Crippen molar-refractivity contribution >= 4 is 40.7 Å². The van der Waals surface area contributed by atoms with Gasteiger partial charge in [0, 0.05) is 22.7 Å². The van der Waals surface area contributed by atoms with Crippen LogP contribution >= 0.6 is 11.8 Å². The van der Waals surface area contributed by atoms with Gasteiger partial charge in [0.15, 0.2) is 6.61 Å². The van der Waals surface area contributed by atoms with Crippen molar-refractivity contribution in [1.82, 2.24) is 0 Å². The summed E-state index contributed by atoms with van der Waals surface area (Å²) >= 11 is 1.54. The lowest BCUT2D eigenvalue weighted by molar-refractivity contribution is -0.384. The number of nitro benzene ring substituents is 1. The number of hydrogen-bond acceptors (Lipinski definition) is 7. The molecule has 0 unspecified atom stereocenters. The standard InChI is InChI=1S/C19H19N3O5S/c1-28-15-4-2-3-14(10-15)21-18(23)11-27-19(24)12-5-8-16(20-13-6-7-13)17(9-12)22(25)26/h2-5,8-10,13,20H,6-7,11H2,1H3,(H,21,23). The average molecular weight is 401 g/mol. The normalized spacial score (nSPS) is 12.9. The Morgan fingerprint density at radius 3 is 2.71 bits per heavy atom. The number of hydrogen-bond donors (Lipinski definition) is 2. The van der Waals surface area contributed by atoms with Crippen molar-refractivity contribution in [1.29, 1.82) is 0 Å². The summed E-state index contributed by atoms with van der Waals surface area (Å²) < 4.78 is 4.99. The van der Waals surface area contributed by atoms with E-state index in [2.05, 4.69) is 10.6 Å². The number of thioether (sulfide) groups is 1. The Labute approximate surface area is 165 Å². The number of carbonyl (C=O) groups is 2. The third-order valence-electron chi connectivity index (χ3n) is 4.05. The van der Waals surface area contributed by atoms with E-state index in [4.69, 9.17) is 4.74 Å². The number of anilines is 2. The zero-order chi connectivity index (χ0) is 20.1. The van der Waals surface area contributed by atoms with Gasteiger partial charge in [-0.2, -0.15) is 0 Å². The highest BCUT2D eigenvalue weighted by molar-refractivity contribution is 7.98. The number of rotatable bonds is 8. The third kappa shape index (κ3) is 5.23. The van der Waals surface area contributed by atoms with E-state index < -0.39 is 23.4 Å². The predicted molar refractivity (Wildman–Crippen MR) is 107 cm³/mol. The molecule has 2 N–H and O–H groups in total. The van der Waals surface area contributed by atoms with E-state index in [9.17, 15) is 19.7 Å². The molecule has 0 saturated heterocycles. The number of carbonyl (C=O) groups excluding carboxylic acids is 2. The van der Waals surface area contributed by atoms with E-state index in [0.717, 1.165) is 23.8 Å². The Hall–Kier alpha value is -3.07. The minimum Gasteiger partial charge on any atom is -0.452 e. The van der Waals surface area contributed by atoms with E-state index in [1.54, 1.807) is 23.9 Å². The molecule has 0 heterocycles. The van der Waals surface area contributed by atoms with Crippen LogP contribution in [-0.2, 0) is 9.53 Å². The lowest BCUT2D eigenvalue weighted by atomic mass is 10.1. The van der Waals surface area contributed by atoms with E-state index in [0.29, 0.717) is 11.4 Å². The first kappa shape index (κ1) is 19.7. The van der Waals surface area contributed by atoms with Crippen molar-refractivity contribution < 1.29 is 19.2 Å². The number of amides is 1. The molecule has 0 spiro atoms. The first-order chi connectivity index (χ1) is 13.5. The molecule has 1 fully saturated rings. The minimum absolute atomic E-state index is 0.0187. The van der Waals surface area contributed by atoms with Gasteiger partial charge in [0.05, 0.1) is 10.5 Å². The zero-order valence-corrected chi connectivity index (χ0v) is 16.0. The second-order valence-electron chi connectivity index (χ2n) is 6.26. The second-order valence-corrected chi connectivity index (χ2v) is 7.14. The van der Waals surface area contributed by atoms with Gasteiger partial charge in [-0.15, -0.1) is 11.8 Å². The predicted octanol–water partition coefficient (Wildman–Crippen LogP) is 3.69. The molecule has 1 amide bonds. The number of ether oxygens (including phenoxy) is 1. The lowest BCUT2D eigenvalue weighted by Gasteiger charge is -2.09. The van der Waals surface area contributed by atoms with Gasteiger partial charge in [0.25, 0.3) is 11.6 Å². The molecule has 8 nitrogen and oxygen atoms in total. The molecule has 0 radical (unpaired) electrons. The fraction of sp³-hybridized carbons (Fsp3) is 0.263. The molecule has 0 atom stereocenters. The van der Waals surface area contributed by atoms with Crippen LogP contribution in [0.1, 0.15) is 23.2 Å². The lowest BCUT2D eigenvalue weighted by Crippen LogP contribution is -2.21. The highest BCUT2D eigenvalue weighted by Gasteiger charge is 2.26. The Balaban J connectivity index is 1.59. The molecule has 1 aliphatic carbocycles. The number of benzene rings is 2. The summed E-state index contributed by atoms with van der Waals surface area (Å²) in [5.41, 5.74) is 0.791. The SMILES string of the molecule is CSc1cccc(NC(=O)COC(=O)c2ccc(NC3CC3)c([N+](=O)[O-])c2)c1. The zero-order valence-electron chi connectivity index (χ0n) is 15.1. The summed E-state index contributed by atoms with van der Waals surface area (Å²) in [6.07, 6.45) is 3.86. The maximum atomic E-state index is 12.2. The number of nitro groups is 1. The first-order valence-corrected chi connectivity index (χ1v) is 9.85. The van der Waals surface area contributed by atoms with Gasteiger partial charge in [0.1, 0.15) is 5.69 Å². The number of nitrogens with zero attached hydrogens (tertiary/aromatic N) is 1. The Kier molecular flexibility index (Phi) is 6.15. The van der Waals surface area contributed by atoms with Crippen LogP contribution in [0.2, 0.25) is 0 Å². The van der Waals surface area contributed by atoms with Gasteiger partial charge in [-0.05, 0) is 49.4 Å². The highest BCUT2D eigenvalue weighted by atomic mass is 32.2. The Morgan fingerprint density at radius 1 is 1.25 bits per heavy atom. The van der Waals surface area contributed by atoms with E-state index >= 15 is 0 Å². The van der Waals surface area contributed by atoms with Crippen LogP contribution in [0, 0.1) is 10.1 Å². The molecule has 1 aliphatic rings. The third-order valence-corrected chi connectivity index (χ3v) is 4.78. The summed E-state index contributed by atoms with van der Waals surface area (Å²) in [6, 6.07) is 11.6. The Morgan fingerprint density at radius 2 is 2.04 bits per heavy atom. The van der Waals surface area contributed by atoms with Gasteiger partial charge >= 0.3 is 5.97 Å². The molecule has 3 rings (SSSR count). The summed E-state index contributed by atoms with van der Waals surface area (Å²) in [5.74, 6) is -1.29. The Bertz CT molecular complexity index is 914. The number of esters is 1. The van der Waals surface area contributed by atoms with Crippen molar-refractivity contribution in [3.8, 4) is 0 Å². The summed E-state index contributed by atoms with van der Waals surface area (Å²) in [4.78, 5) is 35.9. The smallest absolute Gasteiger partial charge is 0.338 e. The van der Waals surface area contributed by atoms with E-state index in [1.807, 2.05) is 18.4 Å². The van der Waals surface area contributed by atoms with Crippen molar-refractivity contribution in [3.63, 3.8) is 0 Å². The first-order valence-electron chi connectivity index (χ1n) is 8.62. The molecule has 1 saturated carbocycles. The van der Waals surface area contributed by atoms with Gasteiger partial charge in [-0.25, -0.2) is 4.79 Å². The van der Waals surface area contributed by atoms with Crippen molar-refractivity contribution in [2.75, 3.05) is 23.5 Å². The second kappa shape index (κ2) is 8.75. The summed E-state index contributed by atoms with van der Waals surface area (Å²) in [5, 5.41) is 17.0. The quantitative estimate of drug-likeness (QED) is 0.300. The maximum absolute atomic E-state index is 12.2. The summed E-state index contributed by atoms with van der Waals surface area (Å²) in [6.45, 7) is -0.488. The molecule has 0 aliphatic heterocycles. The van der Waals surface area contributed by atoms with Crippen LogP contribution in [0.3, 0.4) is 0 Å². The molecule has 9 heteroatoms. The molecule has 0 bridgehead atoms. The van der Waals surface area contributed by atoms with Crippen LogP contribution < -0.4 is 10.6 Å². The van der Waals surface area contributed by atoms with Gasteiger partial charge in [0.2, 0.25) is 0 Å². The highest BCUT2D eigenvalue weighted by Crippen LogP contribution is 2.31. The molecule has 2 aromatic carbocycles. The van der Waals surface area contributed by atoms with Crippen molar-refractivity contribution in [2.24, 2.45) is 0 Å². The van der Waals surface area contributed by atoms with Crippen LogP contribution in [0.15, 0.2) is 47.4 Å². The topological polar surface area (TPSA) is 111 Å². The van der Waals surface area contributed by atoms with Crippen LogP contribution in [0.25, 0.3) is 0 Å². The molecular formula is C19H19N3O5S. The van der Waals surface area contributed by atoms with Crippen LogP contribution in [-0.4, -0.2) is 35.7 Å². The van der Waals surface area contributed by atoms with Crippen LogP contribution in [0.4, 0.5) is 17.1 Å². The number of nitrogens with one attached hydrogen (secondary N) is 2. The van der Waals surface area contributed by atoms with E-state index in [-0.39, 0.29) is 17.3 Å². The van der Waals surface area contributed by atoms with E-state index in [1.165, 1.54) is 12.1 Å². The minimum atomic E-state index is -0.797.